The Kier molecular flexibility index (Phi) is 3.46. The fourth-order valence-corrected chi connectivity index (χ4v) is 3.28. The van der Waals surface area contributed by atoms with Crippen molar-refractivity contribution in [3.8, 4) is 0 Å². The summed E-state index contributed by atoms with van der Waals surface area (Å²) in [7, 11) is 0. The minimum Gasteiger partial charge on any atom is -0.386 e. The van der Waals surface area contributed by atoms with Gasteiger partial charge in [0.15, 0.2) is 0 Å². The van der Waals surface area contributed by atoms with Crippen LogP contribution in [0.3, 0.4) is 0 Å². The number of benzene rings is 1. The lowest BCUT2D eigenvalue weighted by molar-refractivity contribution is 0.145. The van der Waals surface area contributed by atoms with Gasteiger partial charge in [0.1, 0.15) is 0 Å². The van der Waals surface area contributed by atoms with Crippen LogP contribution in [-0.2, 0) is 6.42 Å². The Balaban J connectivity index is 1.63. The largest absolute Gasteiger partial charge is 0.386 e. The van der Waals surface area contributed by atoms with E-state index in [0.717, 1.165) is 21.0 Å². The molecule has 0 saturated heterocycles. The van der Waals surface area contributed by atoms with Gasteiger partial charge in [0, 0.05) is 4.88 Å². The number of thiophene rings is 1. The van der Waals surface area contributed by atoms with Crippen LogP contribution in [0.2, 0.25) is 0 Å². The lowest BCUT2D eigenvalue weighted by atomic mass is 10.1. The van der Waals surface area contributed by atoms with Gasteiger partial charge < -0.3 is 10.4 Å². The molecular formula is C15H16N2O2S. The number of aliphatic hydroxyl groups excluding tert-OH is 1. The van der Waals surface area contributed by atoms with Crippen molar-refractivity contribution in [3.63, 3.8) is 0 Å². The molecule has 1 heterocycles. The van der Waals surface area contributed by atoms with Gasteiger partial charge in [-0.05, 0) is 36.6 Å². The summed E-state index contributed by atoms with van der Waals surface area (Å²) in [6.45, 7) is 1.99. The molecule has 1 aromatic carbocycles. The Morgan fingerprint density at radius 2 is 2.10 bits per heavy atom. The number of aliphatic hydroxyl groups is 1. The van der Waals surface area contributed by atoms with Crippen LogP contribution in [-0.4, -0.2) is 17.2 Å². The van der Waals surface area contributed by atoms with Gasteiger partial charge in [0.25, 0.3) is 0 Å². The van der Waals surface area contributed by atoms with Crippen LogP contribution in [0.25, 0.3) is 0 Å². The molecule has 3 rings (SSSR count). The number of carbonyl (C=O) groups excluding carboxylic acids is 1. The SMILES string of the molecule is Cc1ccc(NC(=O)N[C@H]2Cc3ccccc3[C@H]2O)s1. The van der Waals surface area contributed by atoms with Crippen LogP contribution in [0.5, 0.6) is 0 Å². The molecule has 0 saturated carbocycles. The normalized spacial score (nSPS) is 20.5. The van der Waals surface area contributed by atoms with E-state index in [1.807, 2.05) is 43.3 Å². The van der Waals surface area contributed by atoms with Gasteiger partial charge in [-0.15, -0.1) is 11.3 Å². The predicted octanol–water partition coefficient (Wildman–Crippen LogP) is 2.84. The molecule has 0 bridgehead atoms. The lowest BCUT2D eigenvalue weighted by Crippen LogP contribution is -2.40. The molecule has 2 amide bonds. The third-order valence-corrected chi connectivity index (χ3v) is 4.40. The van der Waals surface area contributed by atoms with E-state index in [-0.39, 0.29) is 12.1 Å². The molecule has 5 heteroatoms. The van der Waals surface area contributed by atoms with Gasteiger partial charge in [0.2, 0.25) is 0 Å². The molecule has 0 radical (unpaired) electrons. The molecule has 0 spiro atoms. The number of anilines is 1. The van der Waals surface area contributed by atoms with Crippen LogP contribution in [0.15, 0.2) is 36.4 Å². The zero-order valence-electron chi connectivity index (χ0n) is 11.1. The smallest absolute Gasteiger partial charge is 0.320 e. The van der Waals surface area contributed by atoms with Crippen molar-refractivity contribution in [1.82, 2.24) is 5.32 Å². The summed E-state index contributed by atoms with van der Waals surface area (Å²) in [5, 5.41) is 16.7. The Morgan fingerprint density at radius 1 is 1.30 bits per heavy atom. The molecule has 1 aromatic heterocycles. The van der Waals surface area contributed by atoms with Gasteiger partial charge in [-0.3, -0.25) is 5.32 Å². The molecule has 1 aliphatic carbocycles. The number of aryl methyl sites for hydroxylation is 1. The number of nitrogens with one attached hydrogen (secondary N) is 2. The molecule has 2 atom stereocenters. The van der Waals surface area contributed by atoms with E-state index in [9.17, 15) is 9.90 Å². The average Bonchev–Trinajstić information content (AvgIpc) is 2.95. The summed E-state index contributed by atoms with van der Waals surface area (Å²) in [6.07, 6.45) is 0.0239. The maximum absolute atomic E-state index is 11.9. The first-order chi connectivity index (χ1) is 9.63. The fraction of sp³-hybridized carbons (Fsp3) is 0.267. The number of amides is 2. The molecule has 0 unspecified atom stereocenters. The summed E-state index contributed by atoms with van der Waals surface area (Å²) < 4.78 is 0. The highest BCUT2D eigenvalue weighted by molar-refractivity contribution is 7.16. The van der Waals surface area contributed by atoms with E-state index in [1.54, 1.807) is 0 Å². The molecule has 0 fully saturated rings. The second kappa shape index (κ2) is 5.26. The van der Waals surface area contributed by atoms with Crippen molar-refractivity contribution in [3.05, 3.63) is 52.4 Å². The zero-order valence-corrected chi connectivity index (χ0v) is 11.9. The second-order valence-electron chi connectivity index (χ2n) is 4.96. The molecule has 3 N–H and O–H groups in total. The second-order valence-corrected chi connectivity index (χ2v) is 6.25. The molecule has 1 aliphatic rings. The summed E-state index contributed by atoms with van der Waals surface area (Å²) >= 11 is 1.53. The van der Waals surface area contributed by atoms with Crippen LogP contribution in [0.1, 0.15) is 22.1 Å². The molecule has 20 heavy (non-hydrogen) atoms. The quantitative estimate of drug-likeness (QED) is 0.795. The van der Waals surface area contributed by atoms with E-state index >= 15 is 0 Å². The lowest BCUT2D eigenvalue weighted by Gasteiger charge is -2.17. The average molecular weight is 288 g/mol. The van der Waals surface area contributed by atoms with Gasteiger partial charge in [-0.2, -0.15) is 0 Å². The Labute approximate surface area is 121 Å². The molecule has 0 aliphatic heterocycles. The van der Waals surface area contributed by atoms with Crippen LogP contribution in [0.4, 0.5) is 9.80 Å². The number of urea groups is 1. The molecule has 2 aromatic rings. The monoisotopic (exact) mass is 288 g/mol. The summed E-state index contributed by atoms with van der Waals surface area (Å²) in [6, 6.07) is 11.0. The maximum atomic E-state index is 11.9. The van der Waals surface area contributed by atoms with Crippen LogP contribution >= 0.6 is 11.3 Å². The Morgan fingerprint density at radius 3 is 2.80 bits per heavy atom. The van der Waals surface area contributed by atoms with Crippen LogP contribution < -0.4 is 10.6 Å². The minimum absolute atomic E-state index is 0.270. The maximum Gasteiger partial charge on any atom is 0.320 e. The molecule has 4 nitrogen and oxygen atoms in total. The highest BCUT2D eigenvalue weighted by atomic mass is 32.1. The van der Waals surface area contributed by atoms with E-state index in [0.29, 0.717) is 6.42 Å². The van der Waals surface area contributed by atoms with Crippen LogP contribution in [0, 0.1) is 6.92 Å². The third kappa shape index (κ3) is 2.55. The van der Waals surface area contributed by atoms with E-state index < -0.39 is 6.10 Å². The molecular weight excluding hydrogens is 272 g/mol. The fourth-order valence-electron chi connectivity index (χ4n) is 2.52. The number of fused-ring (bicyclic) bond motifs is 1. The summed E-state index contributed by atoms with van der Waals surface area (Å²) in [5.41, 5.74) is 2.00. The summed E-state index contributed by atoms with van der Waals surface area (Å²) in [5.74, 6) is 0. The predicted molar refractivity (Wildman–Crippen MR) is 80.1 cm³/mol. The van der Waals surface area contributed by atoms with Crippen molar-refractivity contribution in [2.24, 2.45) is 0 Å². The number of hydrogen-bond acceptors (Lipinski definition) is 3. The standard InChI is InChI=1S/C15H16N2O2S/c1-9-6-7-13(20-9)17-15(19)16-12-8-10-4-2-3-5-11(10)14(12)18/h2-7,12,14,18H,8H2,1H3,(H2,16,17,19)/t12-,14+/m0/s1. The van der Waals surface area contributed by atoms with Crippen molar-refractivity contribution < 1.29 is 9.90 Å². The Bertz CT molecular complexity index is 638. The van der Waals surface area contributed by atoms with Gasteiger partial charge >= 0.3 is 6.03 Å². The highest BCUT2D eigenvalue weighted by Gasteiger charge is 2.31. The molecule has 104 valence electrons. The van der Waals surface area contributed by atoms with Gasteiger partial charge in [0.05, 0.1) is 17.1 Å². The van der Waals surface area contributed by atoms with E-state index in [1.165, 1.54) is 11.3 Å². The number of rotatable bonds is 2. The van der Waals surface area contributed by atoms with Crippen molar-refractivity contribution in [2.75, 3.05) is 5.32 Å². The van der Waals surface area contributed by atoms with Gasteiger partial charge in [-0.1, -0.05) is 24.3 Å². The zero-order chi connectivity index (χ0) is 14.1. The van der Waals surface area contributed by atoms with Gasteiger partial charge in [-0.25, -0.2) is 4.79 Å². The van der Waals surface area contributed by atoms with Crippen molar-refractivity contribution in [1.29, 1.82) is 0 Å². The van der Waals surface area contributed by atoms with E-state index in [4.69, 9.17) is 0 Å². The topological polar surface area (TPSA) is 61.4 Å². The van der Waals surface area contributed by atoms with Crippen molar-refractivity contribution >= 4 is 22.4 Å². The first-order valence-electron chi connectivity index (χ1n) is 6.53. The third-order valence-electron chi connectivity index (χ3n) is 3.49. The number of carbonyl (C=O) groups is 1. The minimum atomic E-state index is -0.637. The summed E-state index contributed by atoms with van der Waals surface area (Å²) in [4.78, 5) is 13.1. The van der Waals surface area contributed by atoms with Crippen molar-refractivity contribution in [2.45, 2.75) is 25.5 Å². The Hall–Kier alpha value is -1.85. The number of hydrogen-bond donors (Lipinski definition) is 3. The highest BCUT2D eigenvalue weighted by Crippen LogP contribution is 2.31. The van der Waals surface area contributed by atoms with E-state index in [2.05, 4.69) is 10.6 Å². The first kappa shape index (κ1) is 13.1. The first-order valence-corrected chi connectivity index (χ1v) is 7.35.